The summed E-state index contributed by atoms with van der Waals surface area (Å²) in [5, 5.41) is 9.77. The number of fused-ring (bicyclic) bond motifs is 3. The van der Waals surface area contributed by atoms with Crippen molar-refractivity contribution < 1.29 is 4.84 Å². The fourth-order valence-electron chi connectivity index (χ4n) is 6.92. The van der Waals surface area contributed by atoms with Crippen LogP contribution in [0.2, 0.25) is 0 Å². The monoisotopic (exact) mass is 610 g/mol. The number of aliphatic imine (C=N–C) groups is 1. The molecule has 3 heterocycles. The molecule has 4 aromatic carbocycles. The lowest BCUT2D eigenvalue weighted by molar-refractivity contribution is -0.000348. The third-order valence-electron chi connectivity index (χ3n) is 9.17. The first-order valence-corrected chi connectivity index (χ1v) is 15.9. The first-order chi connectivity index (χ1) is 23.1. The summed E-state index contributed by atoms with van der Waals surface area (Å²) in [5.74, 6) is 1.51. The number of hydrogen-bond donors (Lipinski definition) is 2. The zero-order valence-electron chi connectivity index (χ0n) is 26.0. The molecule has 0 saturated heterocycles. The van der Waals surface area contributed by atoms with Crippen molar-refractivity contribution in [2.75, 3.05) is 6.54 Å². The average Bonchev–Trinajstić information content (AvgIpc) is 3.26. The van der Waals surface area contributed by atoms with Crippen LogP contribution in [0.25, 0.3) is 49.4 Å². The number of amidine groups is 1. The predicted octanol–water partition coefficient (Wildman–Crippen LogP) is 9.32. The topological polar surface area (TPSA) is 62.9 Å². The van der Waals surface area contributed by atoms with E-state index < -0.39 is 0 Å². The number of hydrogen-bond acceptors (Lipinski definition) is 5. The van der Waals surface area contributed by atoms with Gasteiger partial charge >= 0.3 is 0 Å². The Labute approximate surface area is 274 Å². The maximum atomic E-state index is 6.45. The van der Waals surface area contributed by atoms with Crippen molar-refractivity contribution in [1.29, 1.82) is 0 Å². The Morgan fingerprint density at radius 2 is 1.64 bits per heavy atom. The molecule has 5 nitrogen and oxygen atoms in total. The van der Waals surface area contributed by atoms with E-state index in [0.29, 0.717) is 5.84 Å². The highest BCUT2D eigenvalue weighted by atomic mass is 16.7. The van der Waals surface area contributed by atoms with Crippen LogP contribution in [0, 0.1) is 0 Å². The molecule has 3 aliphatic heterocycles. The minimum atomic E-state index is 0.712. The van der Waals surface area contributed by atoms with Crippen LogP contribution < -0.4 is 11.1 Å². The Kier molecular flexibility index (Phi) is 7.07. The molecule has 0 amide bonds. The van der Waals surface area contributed by atoms with Crippen molar-refractivity contribution in [1.82, 2.24) is 10.4 Å². The second-order valence-corrected chi connectivity index (χ2v) is 11.9. The predicted molar refractivity (Wildman–Crippen MR) is 196 cm³/mol. The molecule has 0 aromatic heterocycles. The summed E-state index contributed by atoms with van der Waals surface area (Å²) in [6, 6.07) is 24.1. The summed E-state index contributed by atoms with van der Waals surface area (Å²) in [7, 11) is 0. The van der Waals surface area contributed by atoms with E-state index in [1.807, 2.05) is 30.5 Å². The summed E-state index contributed by atoms with van der Waals surface area (Å²) in [4.78, 5) is 11.3. The van der Waals surface area contributed by atoms with Gasteiger partial charge in [0.05, 0.1) is 11.9 Å². The standard InChI is InChI=1S/C42H34N4O/c1-3-28(24-43)31-21-32(29-11-10-20-44-25-29)23-33(22-31)42-37-15-6-4-13-35(37)41(36-14-5-7-16-38(36)42)30-18-19-40-45-27(2)34-12-8-9-17-39(34)47-46(40)26-30/h3-7,9-11,13-24,26,44H,1-2,8,12,25,43H2/b28-24+. The van der Waals surface area contributed by atoms with Gasteiger partial charge in [-0.25, -0.2) is 4.99 Å². The second-order valence-electron chi connectivity index (χ2n) is 11.9. The van der Waals surface area contributed by atoms with E-state index in [2.05, 4.69) is 110 Å². The average molecular weight is 611 g/mol. The van der Waals surface area contributed by atoms with Gasteiger partial charge in [-0.1, -0.05) is 79.9 Å². The fraction of sp³-hybridized carbons (Fsp3) is 0.0714. The van der Waals surface area contributed by atoms with Crippen LogP contribution in [0.1, 0.15) is 29.5 Å². The molecule has 3 N–H and O–H groups in total. The Balaban J connectivity index is 1.36. The molecular formula is C42H34N4O. The van der Waals surface area contributed by atoms with Gasteiger partial charge in [-0.15, -0.1) is 0 Å². The van der Waals surface area contributed by atoms with Crippen LogP contribution in [-0.2, 0) is 4.84 Å². The van der Waals surface area contributed by atoms with Crippen LogP contribution in [0.3, 0.4) is 0 Å². The molecule has 0 atom stereocenters. The highest BCUT2D eigenvalue weighted by molar-refractivity contribution is 6.20. The van der Waals surface area contributed by atoms with E-state index in [-0.39, 0.29) is 0 Å². The molecule has 0 radical (unpaired) electrons. The van der Waals surface area contributed by atoms with Gasteiger partial charge in [0.15, 0.2) is 11.6 Å². The van der Waals surface area contributed by atoms with Gasteiger partial charge in [0.2, 0.25) is 0 Å². The Hall–Kier alpha value is -6.07. The molecule has 0 fully saturated rings. The number of nitrogens with two attached hydrogens (primary N) is 1. The van der Waals surface area contributed by atoms with Crippen molar-refractivity contribution in [3.63, 3.8) is 0 Å². The molecule has 228 valence electrons. The number of dihydropyridines is 1. The summed E-state index contributed by atoms with van der Waals surface area (Å²) < 4.78 is 0. The first-order valence-electron chi connectivity index (χ1n) is 15.9. The van der Waals surface area contributed by atoms with Crippen LogP contribution >= 0.6 is 0 Å². The Bertz CT molecular complexity index is 2210. The molecule has 1 aliphatic carbocycles. The third-order valence-corrected chi connectivity index (χ3v) is 9.17. The van der Waals surface area contributed by atoms with E-state index in [1.54, 1.807) is 11.3 Å². The number of allylic oxidation sites excluding steroid dienone is 9. The van der Waals surface area contributed by atoms with E-state index in [4.69, 9.17) is 15.6 Å². The van der Waals surface area contributed by atoms with E-state index in [0.717, 1.165) is 91.4 Å². The van der Waals surface area contributed by atoms with Gasteiger partial charge in [-0.3, -0.25) is 0 Å². The normalized spacial score (nSPS) is 17.4. The highest BCUT2D eigenvalue weighted by Crippen LogP contribution is 2.44. The third kappa shape index (κ3) is 4.93. The number of nitrogens with one attached hydrogen (secondary N) is 1. The lowest BCUT2D eigenvalue weighted by Crippen LogP contribution is -2.25. The van der Waals surface area contributed by atoms with Crippen LogP contribution in [0.4, 0.5) is 0 Å². The van der Waals surface area contributed by atoms with Crippen molar-refractivity contribution in [2.45, 2.75) is 12.8 Å². The fourth-order valence-corrected chi connectivity index (χ4v) is 6.92. The van der Waals surface area contributed by atoms with Gasteiger partial charge < -0.3 is 15.9 Å². The zero-order chi connectivity index (χ0) is 31.9. The van der Waals surface area contributed by atoms with Crippen molar-refractivity contribution in [3.05, 3.63) is 175 Å². The maximum absolute atomic E-state index is 6.45. The summed E-state index contributed by atoms with van der Waals surface area (Å²) in [5.41, 5.74) is 16.7. The summed E-state index contributed by atoms with van der Waals surface area (Å²) >= 11 is 0. The Morgan fingerprint density at radius 3 is 2.32 bits per heavy atom. The van der Waals surface area contributed by atoms with Crippen LogP contribution in [0.15, 0.2) is 163 Å². The maximum Gasteiger partial charge on any atom is 0.169 e. The molecule has 47 heavy (non-hydrogen) atoms. The largest absolute Gasteiger partial charge is 0.404 e. The zero-order valence-corrected chi connectivity index (χ0v) is 26.0. The van der Waals surface area contributed by atoms with Crippen LogP contribution in [0.5, 0.6) is 0 Å². The molecule has 0 unspecified atom stereocenters. The van der Waals surface area contributed by atoms with Gasteiger partial charge in [-0.05, 0) is 122 Å². The molecule has 0 bridgehead atoms. The highest BCUT2D eigenvalue weighted by Gasteiger charge is 2.26. The molecule has 4 aliphatic rings. The van der Waals surface area contributed by atoms with E-state index in [1.165, 1.54) is 11.1 Å². The molecule has 0 saturated carbocycles. The lowest BCUT2D eigenvalue weighted by atomic mass is 9.84. The number of hydroxylamine groups is 2. The first kappa shape index (κ1) is 28.4. The van der Waals surface area contributed by atoms with Crippen molar-refractivity contribution in [2.24, 2.45) is 10.7 Å². The minimum Gasteiger partial charge on any atom is -0.404 e. The SMILES string of the molecule is C=C/C(=C\N)c1cc(C2=CC=CNC2)cc(-c2c3ccccc3c(C3=CN4OC5=C(CCC=C5)C(=C)N=C4C=C3)c3ccccc23)c1. The molecule has 8 rings (SSSR count). The Morgan fingerprint density at radius 1 is 0.915 bits per heavy atom. The number of benzene rings is 4. The quantitative estimate of drug-likeness (QED) is 0.175. The van der Waals surface area contributed by atoms with Crippen molar-refractivity contribution in [3.8, 4) is 11.1 Å². The smallest absolute Gasteiger partial charge is 0.169 e. The van der Waals surface area contributed by atoms with Gasteiger partial charge in [0.25, 0.3) is 0 Å². The molecule has 4 aromatic rings. The van der Waals surface area contributed by atoms with Gasteiger partial charge in [-0.2, -0.15) is 5.06 Å². The van der Waals surface area contributed by atoms with E-state index >= 15 is 0 Å². The number of rotatable bonds is 5. The minimum absolute atomic E-state index is 0.712. The van der Waals surface area contributed by atoms with Crippen LogP contribution in [-0.4, -0.2) is 17.4 Å². The van der Waals surface area contributed by atoms with E-state index in [9.17, 15) is 0 Å². The second kappa shape index (κ2) is 11.7. The van der Waals surface area contributed by atoms with Gasteiger partial charge in [0, 0.05) is 23.9 Å². The molecule has 0 spiro atoms. The lowest BCUT2D eigenvalue weighted by Gasteiger charge is -2.25. The number of nitrogens with zero attached hydrogens (tertiary/aromatic N) is 2. The molecule has 5 heteroatoms. The summed E-state index contributed by atoms with van der Waals surface area (Å²) in [6.07, 6.45) is 21.8. The van der Waals surface area contributed by atoms with Gasteiger partial charge in [0.1, 0.15) is 0 Å². The summed E-state index contributed by atoms with van der Waals surface area (Å²) in [6.45, 7) is 9.04. The van der Waals surface area contributed by atoms with Crippen molar-refractivity contribution >= 4 is 44.1 Å². The molecular weight excluding hydrogens is 576 g/mol.